The predicted octanol–water partition coefficient (Wildman–Crippen LogP) is 6.72. The fourth-order valence-electron chi connectivity index (χ4n) is 4.52. The summed E-state index contributed by atoms with van der Waals surface area (Å²) in [4.78, 5) is 12.4. The topological polar surface area (TPSA) is 68.2 Å². The van der Waals surface area contributed by atoms with Crippen molar-refractivity contribution in [2.45, 2.75) is 58.3 Å². The summed E-state index contributed by atoms with van der Waals surface area (Å²) in [5, 5.41) is 11.5. The molecular weight excluding hydrogens is 460 g/mol. The van der Waals surface area contributed by atoms with E-state index in [1.165, 1.54) is 0 Å². The summed E-state index contributed by atoms with van der Waals surface area (Å²) in [5.74, 6) is 0.856. The molecule has 0 radical (unpaired) electrons. The molecule has 0 aliphatic heterocycles. The first-order valence-electron chi connectivity index (χ1n) is 12.8. The van der Waals surface area contributed by atoms with E-state index in [0.29, 0.717) is 0 Å². The van der Waals surface area contributed by atoms with E-state index < -0.39 is 17.2 Å². The highest BCUT2D eigenvalue weighted by molar-refractivity contribution is 5.68. The minimum atomic E-state index is -0.698. The van der Waals surface area contributed by atoms with Gasteiger partial charge in [0, 0.05) is 12.1 Å². The number of benzene rings is 3. The number of hydrogen-bond donors (Lipinski definition) is 2. The van der Waals surface area contributed by atoms with E-state index in [0.717, 1.165) is 41.0 Å². The Morgan fingerprint density at radius 3 is 1.76 bits per heavy atom. The lowest BCUT2D eigenvalue weighted by molar-refractivity contribution is 0.0523. The SMILES string of the molecule is CCCn1ncc(CNC(=O)OC(C)(C)C)c1NC(c1ccccc1)(c1ccccc1)c1ccccc1. The Bertz CT molecular complexity index is 1180. The van der Waals surface area contributed by atoms with E-state index in [1.807, 2.05) is 49.8 Å². The highest BCUT2D eigenvalue weighted by Crippen LogP contribution is 2.40. The molecule has 0 atom stereocenters. The molecule has 0 unspecified atom stereocenters. The smallest absolute Gasteiger partial charge is 0.407 e. The molecule has 0 saturated carbocycles. The van der Waals surface area contributed by atoms with Crippen molar-refractivity contribution in [3.05, 3.63) is 119 Å². The average molecular weight is 497 g/mol. The van der Waals surface area contributed by atoms with Crippen LogP contribution in [0.4, 0.5) is 10.6 Å². The summed E-state index contributed by atoms with van der Waals surface area (Å²) in [7, 11) is 0. The molecule has 0 aliphatic carbocycles. The molecule has 6 nitrogen and oxygen atoms in total. The predicted molar refractivity (Wildman–Crippen MR) is 148 cm³/mol. The molecule has 192 valence electrons. The summed E-state index contributed by atoms with van der Waals surface area (Å²) in [5.41, 5.74) is 2.91. The Morgan fingerprint density at radius 1 is 0.838 bits per heavy atom. The molecule has 3 aromatic carbocycles. The van der Waals surface area contributed by atoms with Crippen molar-refractivity contribution in [3.8, 4) is 0 Å². The monoisotopic (exact) mass is 496 g/mol. The molecular formula is C31H36N4O2. The standard InChI is InChI=1S/C31H36N4O2/c1-5-21-35-28(24(23-33-35)22-32-29(36)37-30(2,3)4)34-31(25-15-9-6-10-16-25,26-17-11-7-12-18-26)27-19-13-8-14-20-27/h6-20,23,34H,5,21-22H2,1-4H3,(H,32,36). The maximum atomic E-state index is 12.4. The number of nitrogens with one attached hydrogen (secondary N) is 2. The van der Waals surface area contributed by atoms with Crippen molar-refractivity contribution >= 4 is 11.9 Å². The largest absolute Gasteiger partial charge is 0.444 e. The summed E-state index contributed by atoms with van der Waals surface area (Å²) in [6.07, 6.45) is 2.29. The number of carbonyl (C=O) groups is 1. The van der Waals surface area contributed by atoms with Crippen LogP contribution in [-0.4, -0.2) is 21.5 Å². The molecule has 37 heavy (non-hydrogen) atoms. The second kappa shape index (κ2) is 11.3. The van der Waals surface area contributed by atoms with Gasteiger partial charge in [-0.15, -0.1) is 0 Å². The number of anilines is 1. The number of amides is 1. The average Bonchev–Trinajstić information content (AvgIpc) is 3.27. The fourth-order valence-corrected chi connectivity index (χ4v) is 4.52. The molecule has 1 amide bonds. The van der Waals surface area contributed by atoms with Gasteiger partial charge in [0.2, 0.25) is 0 Å². The number of nitrogens with zero attached hydrogens (tertiary/aromatic N) is 2. The zero-order chi connectivity index (χ0) is 26.3. The lowest BCUT2D eigenvalue weighted by Gasteiger charge is -2.38. The van der Waals surface area contributed by atoms with Gasteiger partial charge in [0.1, 0.15) is 17.0 Å². The van der Waals surface area contributed by atoms with Crippen LogP contribution in [0.2, 0.25) is 0 Å². The minimum Gasteiger partial charge on any atom is -0.444 e. The third kappa shape index (κ3) is 6.02. The first kappa shape index (κ1) is 26.0. The molecule has 0 aliphatic rings. The number of ether oxygens (including phenoxy) is 1. The van der Waals surface area contributed by atoms with Crippen molar-refractivity contribution in [1.29, 1.82) is 0 Å². The van der Waals surface area contributed by atoms with E-state index in [4.69, 9.17) is 4.74 Å². The molecule has 4 aromatic rings. The van der Waals surface area contributed by atoms with Crippen molar-refractivity contribution in [1.82, 2.24) is 15.1 Å². The Labute approximate surface area is 219 Å². The number of carbonyl (C=O) groups excluding carboxylic acids is 1. The number of aryl methyl sites for hydroxylation is 1. The zero-order valence-electron chi connectivity index (χ0n) is 22.1. The fraction of sp³-hybridized carbons (Fsp3) is 0.290. The van der Waals surface area contributed by atoms with Gasteiger partial charge in [-0.2, -0.15) is 5.10 Å². The van der Waals surface area contributed by atoms with Crippen LogP contribution in [0.3, 0.4) is 0 Å². The molecule has 0 fully saturated rings. The Kier molecular flexibility index (Phi) is 7.97. The normalized spacial score (nSPS) is 11.7. The Morgan fingerprint density at radius 2 is 1.32 bits per heavy atom. The van der Waals surface area contributed by atoms with Gasteiger partial charge in [0.05, 0.1) is 12.7 Å². The number of aromatic nitrogens is 2. The van der Waals surface area contributed by atoms with Crippen molar-refractivity contribution in [2.75, 3.05) is 5.32 Å². The van der Waals surface area contributed by atoms with Crippen LogP contribution in [0.25, 0.3) is 0 Å². The molecule has 1 aromatic heterocycles. The van der Waals surface area contributed by atoms with E-state index >= 15 is 0 Å². The molecule has 2 N–H and O–H groups in total. The molecule has 6 heteroatoms. The first-order valence-corrected chi connectivity index (χ1v) is 12.8. The van der Waals surface area contributed by atoms with Crippen LogP contribution in [-0.2, 0) is 23.4 Å². The van der Waals surface area contributed by atoms with Gasteiger partial charge >= 0.3 is 6.09 Å². The van der Waals surface area contributed by atoms with E-state index in [-0.39, 0.29) is 6.54 Å². The maximum absolute atomic E-state index is 12.4. The first-order chi connectivity index (χ1) is 17.8. The van der Waals surface area contributed by atoms with Crippen LogP contribution in [0.1, 0.15) is 56.4 Å². The van der Waals surface area contributed by atoms with Crippen LogP contribution in [0.5, 0.6) is 0 Å². The van der Waals surface area contributed by atoms with Gasteiger partial charge in [-0.05, 0) is 43.9 Å². The summed E-state index contributed by atoms with van der Waals surface area (Å²) in [6, 6.07) is 31.3. The van der Waals surface area contributed by atoms with Crippen LogP contribution >= 0.6 is 0 Å². The zero-order valence-corrected chi connectivity index (χ0v) is 22.1. The molecule has 1 heterocycles. The van der Waals surface area contributed by atoms with Gasteiger partial charge in [0.25, 0.3) is 0 Å². The molecule has 0 saturated heterocycles. The summed E-state index contributed by atoms with van der Waals surface area (Å²) in [6.45, 7) is 8.72. The lowest BCUT2D eigenvalue weighted by atomic mass is 9.77. The second-order valence-corrected chi connectivity index (χ2v) is 10.1. The molecule has 0 bridgehead atoms. The van der Waals surface area contributed by atoms with Crippen molar-refractivity contribution in [3.63, 3.8) is 0 Å². The third-order valence-corrected chi connectivity index (χ3v) is 6.10. The van der Waals surface area contributed by atoms with Gasteiger partial charge < -0.3 is 15.4 Å². The van der Waals surface area contributed by atoms with Crippen LogP contribution < -0.4 is 10.6 Å². The molecule has 0 spiro atoms. The van der Waals surface area contributed by atoms with E-state index in [1.54, 1.807) is 0 Å². The van der Waals surface area contributed by atoms with Gasteiger partial charge in [-0.1, -0.05) is 97.9 Å². The second-order valence-electron chi connectivity index (χ2n) is 10.1. The van der Waals surface area contributed by atoms with Gasteiger partial charge in [0.15, 0.2) is 0 Å². The Hall–Kier alpha value is -4.06. The van der Waals surface area contributed by atoms with Crippen LogP contribution in [0, 0.1) is 0 Å². The van der Waals surface area contributed by atoms with Crippen LogP contribution in [0.15, 0.2) is 97.2 Å². The molecule has 4 rings (SSSR count). The minimum absolute atomic E-state index is 0.287. The maximum Gasteiger partial charge on any atom is 0.407 e. The summed E-state index contributed by atoms with van der Waals surface area (Å²) < 4.78 is 7.45. The summed E-state index contributed by atoms with van der Waals surface area (Å²) >= 11 is 0. The highest BCUT2D eigenvalue weighted by Gasteiger charge is 2.37. The van der Waals surface area contributed by atoms with E-state index in [2.05, 4.69) is 95.5 Å². The van der Waals surface area contributed by atoms with Crippen molar-refractivity contribution in [2.24, 2.45) is 0 Å². The third-order valence-electron chi connectivity index (χ3n) is 6.10. The van der Waals surface area contributed by atoms with Gasteiger partial charge in [-0.25, -0.2) is 9.48 Å². The number of hydrogen-bond acceptors (Lipinski definition) is 4. The Balaban J connectivity index is 1.84. The van der Waals surface area contributed by atoms with Crippen molar-refractivity contribution < 1.29 is 9.53 Å². The lowest BCUT2D eigenvalue weighted by Crippen LogP contribution is -2.39. The quantitative estimate of drug-likeness (QED) is 0.252. The van der Waals surface area contributed by atoms with Gasteiger partial charge in [-0.3, -0.25) is 0 Å². The highest BCUT2D eigenvalue weighted by atomic mass is 16.6. The number of alkyl carbamates (subject to hydrolysis) is 1. The van der Waals surface area contributed by atoms with E-state index in [9.17, 15) is 4.79 Å². The number of rotatable bonds is 9.